The number of hydrogen-bond donors (Lipinski definition) is 1. The van der Waals surface area contributed by atoms with E-state index in [1.165, 1.54) is 6.07 Å². The van der Waals surface area contributed by atoms with Crippen LogP contribution in [0.25, 0.3) is 0 Å². The fraction of sp³-hybridized carbons (Fsp3) is 0.455. The van der Waals surface area contributed by atoms with E-state index in [0.29, 0.717) is 12.1 Å². The summed E-state index contributed by atoms with van der Waals surface area (Å²) in [4.78, 5) is 0.227. The molecule has 5 heteroatoms. The van der Waals surface area contributed by atoms with Crippen molar-refractivity contribution >= 4 is 15.8 Å². The van der Waals surface area contributed by atoms with Crippen LogP contribution in [-0.2, 0) is 20.7 Å². The quantitative estimate of drug-likeness (QED) is 0.634. The lowest BCUT2D eigenvalue weighted by atomic mass is 10.1. The Morgan fingerprint density at radius 1 is 1.31 bits per heavy atom. The van der Waals surface area contributed by atoms with Crippen molar-refractivity contribution in [1.29, 1.82) is 0 Å². The van der Waals surface area contributed by atoms with Gasteiger partial charge >= 0.3 is 0 Å². The summed E-state index contributed by atoms with van der Waals surface area (Å²) in [6.45, 7) is 3.77. The van der Waals surface area contributed by atoms with Crippen LogP contribution in [0.1, 0.15) is 25.8 Å². The van der Waals surface area contributed by atoms with Crippen LogP contribution in [0.5, 0.6) is 0 Å². The van der Waals surface area contributed by atoms with Crippen molar-refractivity contribution in [3.8, 4) is 0 Å². The molecule has 0 saturated carbocycles. The molecule has 1 aromatic rings. The predicted octanol–water partition coefficient (Wildman–Crippen LogP) is 1.95. The first kappa shape index (κ1) is 13.0. The van der Waals surface area contributed by atoms with Crippen molar-refractivity contribution in [2.75, 3.05) is 12.3 Å². The Kier molecular flexibility index (Phi) is 4.32. The first-order valence-electron chi connectivity index (χ1n) is 5.29. The maximum atomic E-state index is 11.8. The Labute approximate surface area is 96.5 Å². The van der Waals surface area contributed by atoms with Crippen molar-refractivity contribution in [3.63, 3.8) is 0 Å². The molecule has 16 heavy (non-hydrogen) atoms. The minimum absolute atomic E-state index is 0.137. The van der Waals surface area contributed by atoms with E-state index in [0.717, 1.165) is 12.0 Å². The zero-order valence-corrected chi connectivity index (χ0v) is 10.4. The van der Waals surface area contributed by atoms with E-state index in [1.807, 2.05) is 6.92 Å². The third kappa shape index (κ3) is 2.96. The molecule has 0 bridgehead atoms. The monoisotopic (exact) mass is 243 g/mol. The molecule has 0 atom stereocenters. The van der Waals surface area contributed by atoms with Crippen molar-refractivity contribution in [2.45, 2.75) is 31.6 Å². The molecule has 0 spiro atoms. The number of aryl methyl sites for hydroxylation is 1. The van der Waals surface area contributed by atoms with Crippen LogP contribution >= 0.6 is 0 Å². The highest BCUT2D eigenvalue weighted by Crippen LogP contribution is 2.22. The van der Waals surface area contributed by atoms with Crippen molar-refractivity contribution in [3.05, 3.63) is 23.8 Å². The molecule has 0 aliphatic rings. The second-order valence-corrected chi connectivity index (χ2v) is 5.06. The van der Waals surface area contributed by atoms with E-state index in [1.54, 1.807) is 19.1 Å². The summed E-state index contributed by atoms with van der Waals surface area (Å²) in [5.74, 6) is 0. The van der Waals surface area contributed by atoms with E-state index < -0.39 is 10.1 Å². The van der Waals surface area contributed by atoms with Gasteiger partial charge in [0, 0.05) is 5.69 Å². The van der Waals surface area contributed by atoms with Crippen LogP contribution in [0.2, 0.25) is 0 Å². The van der Waals surface area contributed by atoms with Crippen molar-refractivity contribution in [2.24, 2.45) is 0 Å². The minimum Gasteiger partial charge on any atom is -0.399 e. The molecule has 1 aromatic carbocycles. The molecule has 0 unspecified atom stereocenters. The molecule has 0 amide bonds. The zero-order chi connectivity index (χ0) is 12.2. The summed E-state index contributed by atoms with van der Waals surface area (Å²) >= 11 is 0. The highest BCUT2D eigenvalue weighted by Gasteiger charge is 2.18. The molecule has 2 N–H and O–H groups in total. The lowest BCUT2D eigenvalue weighted by Crippen LogP contribution is -2.09. The normalized spacial score (nSPS) is 11.6. The van der Waals surface area contributed by atoms with Crippen LogP contribution in [0, 0.1) is 0 Å². The summed E-state index contributed by atoms with van der Waals surface area (Å²) in [5, 5.41) is 0. The summed E-state index contributed by atoms with van der Waals surface area (Å²) in [6.07, 6.45) is 1.53. The van der Waals surface area contributed by atoms with Crippen LogP contribution in [0.4, 0.5) is 5.69 Å². The number of hydrogen-bond acceptors (Lipinski definition) is 4. The summed E-state index contributed by atoms with van der Waals surface area (Å²) < 4.78 is 28.3. The third-order valence-corrected chi connectivity index (χ3v) is 3.63. The van der Waals surface area contributed by atoms with Gasteiger partial charge < -0.3 is 5.73 Å². The standard InChI is InChI=1S/C11H17NO3S/c1-3-5-9-8-10(12)6-7-11(9)16(13,14)15-4-2/h6-8H,3-5,12H2,1-2H3. The van der Waals surface area contributed by atoms with Crippen LogP contribution < -0.4 is 5.73 Å². The molecule has 0 saturated heterocycles. The fourth-order valence-corrected chi connectivity index (χ4v) is 2.68. The van der Waals surface area contributed by atoms with Gasteiger partial charge in [-0.15, -0.1) is 0 Å². The lowest BCUT2D eigenvalue weighted by Gasteiger charge is -2.09. The molecule has 90 valence electrons. The molecule has 0 heterocycles. The van der Waals surface area contributed by atoms with Gasteiger partial charge in [0.05, 0.1) is 11.5 Å². The predicted molar refractivity (Wildman–Crippen MR) is 63.7 cm³/mol. The smallest absolute Gasteiger partial charge is 0.297 e. The fourth-order valence-electron chi connectivity index (χ4n) is 1.53. The van der Waals surface area contributed by atoms with Gasteiger partial charge in [0.1, 0.15) is 0 Å². The van der Waals surface area contributed by atoms with Crippen LogP contribution in [-0.4, -0.2) is 15.0 Å². The lowest BCUT2D eigenvalue weighted by molar-refractivity contribution is 0.337. The van der Waals surface area contributed by atoms with Gasteiger partial charge in [0.2, 0.25) is 0 Å². The number of anilines is 1. The van der Waals surface area contributed by atoms with E-state index in [2.05, 4.69) is 0 Å². The number of nitrogens with two attached hydrogens (primary N) is 1. The highest BCUT2D eigenvalue weighted by atomic mass is 32.2. The summed E-state index contributed by atoms with van der Waals surface area (Å²) in [6, 6.07) is 4.77. The molecule has 4 nitrogen and oxygen atoms in total. The maximum absolute atomic E-state index is 11.8. The molecular weight excluding hydrogens is 226 g/mol. The Hall–Kier alpha value is -1.07. The number of rotatable bonds is 5. The Balaban J connectivity index is 3.22. The third-order valence-electron chi connectivity index (χ3n) is 2.15. The molecule has 0 radical (unpaired) electrons. The van der Waals surface area contributed by atoms with E-state index in [-0.39, 0.29) is 11.5 Å². The average Bonchev–Trinajstić information content (AvgIpc) is 2.17. The first-order valence-corrected chi connectivity index (χ1v) is 6.70. The average molecular weight is 243 g/mol. The largest absolute Gasteiger partial charge is 0.399 e. The maximum Gasteiger partial charge on any atom is 0.297 e. The van der Waals surface area contributed by atoms with Gasteiger partial charge in [-0.05, 0) is 37.1 Å². The van der Waals surface area contributed by atoms with Crippen LogP contribution in [0.15, 0.2) is 23.1 Å². The molecule has 0 aromatic heterocycles. The van der Waals surface area contributed by atoms with Crippen molar-refractivity contribution < 1.29 is 12.6 Å². The number of nitrogen functional groups attached to an aromatic ring is 1. The van der Waals surface area contributed by atoms with Crippen molar-refractivity contribution in [1.82, 2.24) is 0 Å². The Bertz CT molecular complexity index is 454. The van der Waals surface area contributed by atoms with Gasteiger partial charge in [-0.1, -0.05) is 13.3 Å². The topological polar surface area (TPSA) is 69.4 Å². The Morgan fingerprint density at radius 2 is 2.00 bits per heavy atom. The molecule has 0 aliphatic heterocycles. The SMILES string of the molecule is CCCc1cc(N)ccc1S(=O)(=O)OCC. The number of benzene rings is 1. The van der Waals surface area contributed by atoms with E-state index >= 15 is 0 Å². The van der Waals surface area contributed by atoms with Gasteiger partial charge in [-0.25, -0.2) is 0 Å². The molecular formula is C11H17NO3S. The van der Waals surface area contributed by atoms with E-state index in [4.69, 9.17) is 9.92 Å². The van der Waals surface area contributed by atoms with Crippen LogP contribution in [0.3, 0.4) is 0 Å². The molecule has 1 rings (SSSR count). The van der Waals surface area contributed by atoms with Gasteiger partial charge in [-0.3, -0.25) is 4.18 Å². The molecule has 0 aliphatic carbocycles. The second-order valence-electron chi connectivity index (χ2n) is 3.48. The minimum atomic E-state index is -3.64. The zero-order valence-electron chi connectivity index (χ0n) is 9.56. The van der Waals surface area contributed by atoms with Gasteiger partial charge in [0.25, 0.3) is 10.1 Å². The molecule has 0 fully saturated rings. The van der Waals surface area contributed by atoms with Gasteiger partial charge in [-0.2, -0.15) is 8.42 Å². The summed E-state index contributed by atoms with van der Waals surface area (Å²) in [7, 11) is -3.64. The highest BCUT2D eigenvalue weighted by molar-refractivity contribution is 7.86. The van der Waals surface area contributed by atoms with Gasteiger partial charge in [0.15, 0.2) is 0 Å². The van der Waals surface area contributed by atoms with E-state index in [9.17, 15) is 8.42 Å². The first-order chi connectivity index (χ1) is 7.51. The Morgan fingerprint density at radius 3 is 2.56 bits per heavy atom. The second kappa shape index (κ2) is 5.32. The summed E-state index contributed by atoms with van der Waals surface area (Å²) in [5.41, 5.74) is 6.93.